The smallest absolute Gasteiger partial charge is 0.0630 e. The van der Waals surface area contributed by atoms with Crippen LogP contribution in [0.2, 0.25) is 5.02 Å². The zero-order chi connectivity index (χ0) is 18.5. The molecule has 0 saturated carbocycles. The van der Waals surface area contributed by atoms with E-state index in [1.807, 2.05) is 30.5 Å². The van der Waals surface area contributed by atoms with Gasteiger partial charge in [0.25, 0.3) is 0 Å². The third kappa shape index (κ3) is 8.67. The van der Waals surface area contributed by atoms with Crippen LogP contribution in [0.15, 0.2) is 53.5 Å². The minimum atomic E-state index is 0.753. The Balaban J connectivity index is 1.62. The second-order valence-electron chi connectivity index (χ2n) is 7.05. The number of benzene rings is 2. The van der Waals surface area contributed by atoms with Crippen LogP contribution in [0, 0.1) is 0 Å². The Kier molecular flexibility index (Phi) is 10.1. The number of halogens is 1. The van der Waals surface area contributed by atoms with Gasteiger partial charge in [0.05, 0.1) is 5.69 Å². The standard InChI is InChI=1S/C24H32ClN/c1-2-3-4-5-6-7-8-9-10-11-21-14-18-24(19-15-21)26-20-22-12-16-23(25)17-13-22/h12-20H,2-11H2,1H3. The van der Waals surface area contributed by atoms with Crippen molar-refractivity contribution < 1.29 is 0 Å². The third-order valence-corrected chi connectivity index (χ3v) is 4.99. The molecule has 2 aromatic carbocycles. The van der Waals surface area contributed by atoms with Gasteiger partial charge in [-0.2, -0.15) is 0 Å². The summed E-state index contributed by atoms with van der Waals surface area (Å²) in [5.74, 6) is 0. The molecule has 0 unspecified atom stereocenters. The molecule has 2 heteroatoms. The summed E-state index contributed by atoms with van der Waals surface area (Å²) in [6.45, 7) is 2.28. The van der Waals surface area contributed by atoms with E-state index in [0.29, 0.717) is 0 Å². The second-order valence-corrected chi connectivity index (χ2v) is 7.49. The van der Waals surface area contributed by atoms with Crippen LogP contribution >= 0.6 is 11.6 Å². The molecule has 0 bridgehead atoms. The average Bonchev–Trinajstić information content (AvgIpc) is 2.67. The topological polar surface area (TPSA) is 12.4 Å². The molecule has 0 aliphatic rings. The highest BCUT2D eigenvalue weighted by Crippen LogP contribution is 2.16. The summed E-state index contributed by atoms with van der Waals surface area (Å²) in [6, 6.07) is 16.4. The third-order valence-electron chi connectivity index (χ3n) is 4.74. The van der Waals surface area contributed by atoms with Crippen molar-refractivity contribution in [2.24, 2.45) is 4.99 Å². The SMILES string of the molecule is CCCCCCCCCCCc1ccc(N=Cc2ccc(Cl)cc2)cc1. The lowest BCUT2D eigenvalue weighted by Crippen LogP contribution is -1.86. The van der Waals surface area contributed by atoms with Gasteiger partial charge in [0.2, 0.25) is 0 Å². The molecule has 0 saturated heterocycles. The molecule has 0 fully saturated rings. The Hall–Kier alpha value is -1.60. The molecule has 0 spiro atoms. The van der Waals surface area contributed by atoms with E-state index in [-0.39, 0.29) is 0 Å². The fraction of sp³-hybridized carbons (Fsp3) is 0.458. The largest absolute Gasteiger partial charge is 0.256 e. The molecule has 0 heterocycles. The molecule has 2 rings (SSSR count). The van der Waals surface area contributed by atoms with E-state index in [1.165, 1.54) is 69.8 Å². The number of hydrogen-bond donors (Lipinski definition) is 0. The van der Waals surface area contributed by atoms with Crippen LogP contribution in [0.3, 0.4) is 0 Å². The molecule has 0 aromatic heterocycles. The van der Waals surface area contributed by atoms with Gasteiger partial charge in [0.15, 0.2) is 0 Å². The van der Waals surface area contributed by atoms with Gasteiger partial charge in [-0.05, 0) is 48.2 Å². The van der Waals surface area contributed by atoms with Crippen LogP contribution in [-0.4, -0.2) is 6.21 Å². The van der Waals surface area contributed by atoms with Gasteiger partial charge >= 0.3 is 0 Å². The zero-order valence-corrected chi connectivity index (χ0v) is 16.8. The molecule has 0 aliphatic heterocycles. The normalized spacial score (nSPS) is 11.3. The first kappa shape index (κ1) is 20.7. The van der Waals surface area contributed by atoms with Gasteiger partial charge < -0.3 is 0 Å². The maximum atomic E-state index is 5.90. The maximum absolute atomic E-state index is 5.90. The van der Waals surface area contributed by atoms with Crippen molar-refractivity contribution >= 4 is 23.5 Å². The summed E-state index contributed by atoms with van der Waals surface area (Å²) in [4.78, 5) is 4.53. The minimum absolute atomic E-state index is 0.753. The van der Waals surface area contributed by atoms with E-state index in [4.69, 9.17) is 11.6 Å². The van der Waals surface area contributed by atoms with E-state index < -0.39 is 0 Å². The van der Waals surface area contributed by atoms with Crippen LogP contribution in [-0.2, 0) is 6.42 Å². The second kappa shape index (κ2) is 12.7. The fourth-order valence-corrected chi connectivity index (χ4v) is 3.21. The molecular weight excluding hydrogens is 338 g/mol. The van der Waals surface area contributed by atoms with E-state index >= 15 is 0 Å². The highest BCUT2D eigenvalue weighted by Gasteiger charge is 1.96. The van der Waals surface area contributed by atoms with Gasteiger partial charge in [-0.25, -0.2) is 0 Å². The average molecular weight is 370 g/mol. The van der Waals surface area contributed by atoms with Gasteiger partial charge in [-0.15, -0.1) is 0 Å². The summed E-state index contributed by atoms with van der Waals surface area (Å²) >= 11 is 5.90. The van der Waals surface area contributed by atoms with Crippen LogP contribution < -0.4 is 0 Å². The summed E-state index contributed by atoms with van der Waals surface area (Å²) < 4.78 is 0. The summed E-state index contributed by atoms with van der Waals surface area (Å²) in [6.07, 6.45) is 15.5. The van der Waals surface area contributed by atoms with Gasteiger partial charge in [-0.1, -0.05) is 94.2 Å². The van der Waals surface area contributed by atoms with Crippen LogP contribution in [0.25, 0.3) is 0 Å². The Morgan fingerprint density at radius 3 is 1.92 bits per heavy atom. The van der Waals surface area contributed by atoms with Gasteiger partial charge in [0, 0.05) is 11.2 Å². The molecular formula is C24H32ClN. The summed E-state index contributed by atoms with van der Waals surface area (Å²) in [5, 5.41) is 0.753. The van der Waals surface area contributed by atoms with Crippen molar-refractivity contribution in [2.45, 2.75) is 71.1 Å². The van der Waals surface area contributed by atoms with Crippen molar-refractivity contribution in [1.29, 1.82) is 0 Å². The zero-order valence-electron chi connectivity index (χ0n) is 16.1. The van der Waals surface area contributed by atoms with Crippen LogP contribution in [0.5, 0.6) is 0 Å². The molecule has 0 aliphatic carbocycles. The molecule has 2 aromatic rings. The number of nitrogens with zero attached hydrogens (tertiary/aromatic N) is 1. The summed E-state index contributed by atoms with van der Waals surface area (Å²) in [7, 11) is 0. The number of unbranched alkanes of at least 4 members (excludes halogenated alkanes) is 8. The molecule has 0 N–H and O–H groups in total. The lowest BCUT2D eigenvalue weighted by molar-refractivity contribution is 0.565. The highest BCUT2D eigenvalue weighted by molar-refractivity contribution is 6.30. The van der Waals surface area contributed by atoms with Crippen molar-refractivity contribution in [3.8, 4) is 0 Å². The first-order valence-electron chi connectivity index (χ1n) is 10.2. The van der Waals surface area contributed by atoms with E-state index in [9.17, 15) is 0 Å². The molecule has 26 heavy (non-hydrogen) atoms. The molecule has 0 atom stereocenters. The lowest BCUT2D eigenvalue weighted by Gasteiger charge is -2.03. The van der Waals surface area contributed by atoms with E-state index in [1.54, 1.807) is 0 Å². The van der Waals surface area contributed by atoms with Gasteiger partial charge in [-0.3, -0.25) is 4.99 Å². The Bertz CT molecular complexity index is 628. The number of aliphatic imine (C=N–C) groups is 1. The first-order chi connectivity index (χ1) is 12.8. The Labute approximate surface area is 164 Å². The lowest BCUT2D eigenvalue weighted by atomic mass is 10.0. The maximum Gasteiger partial charge on any atom is 0.0630 e. The molecule has 140 valence electrons. The Morgan fingerprint density at radius 1 is 0.731 bits per heavy atom. The number of hydrogen-bond acceptors (Lipinski definition) is 1. The molecule has 0 radical (unpaired) electrons. The minimum Gasteiger partial charge on any atom is -0.256 e. The number of rotatable bonds is 12. The monoisotopic (exact) mass is 369 g/mol. The van der Waals surface area contributed by atoms with Crippen molar-refractivity contribution in [1.82, 2.24) is 0 Å². The first-order valence-corrected chi connectivity index (χ1v) is 10.5. The predicted molar refractivity (Wildman–Crippen MR) is 116 cm³/mol. The highest BCUT2D eigenvalue weighted by atomic mass is 35.5. The Morgan fingerprint density at radius 2 is 1.31 bits per heavy atom. The molecule has 0 amide bonds. The fourth-order valence-electron chi connectivity index (χ4n) is 3.09. The quantitative estimate of drug-likeness (QED) is 0.264. The van der Waals surface area contributed by atoms with Crippen molar-refractivity contribution in [2.75, 3.05) is 0 Å². The molecule has 1 nitrogen and oxygen atoms in total. The predicted octanol–water partition coefficient (Wildman–Crippen LogP) is 8.16. The van der Waals surface area contributed by atoms with Gasteiger partial charge in [0.1, 0.15) is 0 Å². The van der Waals surface area contributed by atoms with Crippen LogP contribution in [0.4, 0.5) is 5.69 Å². The summed E-state index contributed by atoms with van der Waals surface area (Å²) in [5.41, 5.74) is 3.47. The van der Waals surface area contributed by atoms with E-state index in [2.05, 4.69) is 36.2 Å². The van der Waals surface area contributed by atoms with Crippen molar-refractivity contribution in [3.05, 3.63) is 64.7 Å². The van der Waals surface area contributed by atoms with Crippen LogP contribution in [0.1, 0.15) is 75.8 Å². The van der Waals surface area contributed by atoms with E-state index in [0.717, 1.165) is 16.3 Å². The van der Waals surface area contributed by atoms with Crippen molar-refractivity contribution in [3.63, 3.8) is 0 Å². The number of aryl methyl sites for hydroxylation is 1.